The Hall–Kier alpha value is -1.89. The Morgan fingerprint density at radius 2 is 2.32 bits per heavy atom. The lowest BCUT2D eigenvalue weighted by molar-refractivity contribution is -0.384. The molecule has 1 aliphatic heterocycles. The van der Waals surface area contributed by atoms with E-state index in [1.165, 1.54) is 6.07 Å². The van der Waals surface area contributed by atoms with Gasteiger partial charge >= 0.3 is 5.69 Å². The van der Waals surface area contributed by atoms with Crippen LogP contribution in [-0.4, -0.2) is 35.2 Å². The number of rotatable bonds is 4. The molecule has 0 radical (unpaired) electrons. The molecule has 19 heavy (non-hydrogen) atoms. The zero-order valence-corrected chi connectivity index (χ0v) is 11.3. The van der Waals surface area contributed by atoms with Crippen molar-refractivity contribution in [2.75, 3.05) is 24.3 Å². The van der Waals surface area contributed by atoms with Crippen LogP contribution in [0, 0.1) is 10.1 Å². The summed E-state index contributed by atoms with van der Waals surface area (Å²) in [6.45, 7) is 4.58. The summed E-state index contributed by atoms with van der Waals surface area (Å²) in [6, 6.07) is 3.03. The normalized spacial score (nSPS) is 26.2. The van der Waals surface area contributed by atoms with E-state index in [-0.39, 0.29) is 23.1 Å². The molecule has 1 fully saturated rings. The molecule has 7 nitrogen and oxygen atoms in total. The van der Waals surface area contributed by atoms with Gasteiger partial charge in [-0.1, -0.05) is 0 Å². The van der Waals surface area contributed by atoms with Gasteiger partial charge in [-0.3, -0.25) is 10.1 Å². The van der Waals surface area contributed by atoms with Crippen molar-refractivity contribution in [3.8, 4) is 0 Å². The first-order valence-electron chi connectivity index (χ1n) is 6.19. The average molecular weight is 266 g/mol. The Morgan fingerprint density at radius 3 is 2.84 bits per heavy atom. The van der Waals surface area contributed by atoms with Gasteiger partial charge in [0.2, 0.25) is 5.82 Å². The van der Waals surface area contributed by atoms with Gasteiger partial charge in [0.05, 0.1) is 16.6 Å². The van der Waals surface area contributed by atoms with Gasteiger partial charge in [0.1, 0.15) is 5.82 Å². The molecule has 1 aliphatic rings. The third kappa shape index (κ3) is 2.60. The summed E-state index contributed by atoms with van der Waals surface area (Å²) in [7, 11) is 1.72. The van der Waals surface area contributed by atoms with Crippen LogP contribution < -0.4 is 10.6 Å². The highest BCUT2D eigenvalue weighted by Gasteiger charge is 2.38. The highest BCUT2D eigenvalue weighted by molar-refractivity contribution is 5.61. The van der Waals surface area contributed by atoms with E-state index in [0.717, 1.165) is 6.42 Å². The second-order valence-electron chi connectivity index (χ2n) is 4.88. The SMILES string of the molecule is CNc1ccc([N+](=O)[O-])c(NC2(C)CCOC2C)n1. The first kappa shape index (κ1) is 13.5. The lowest BCUT2D eigenvalue weighted by Gasteiger charge is -2.29. The van der Waals surface area contributed by atoms with E-state index in [1.54, 1.807) is 13.1 Å². The highest BCUT2D eigenvalue weighted by atomic mass is 16.6. The lowest BCUT2D eigenvalue weighted by atomic mass is 9.94. The maximum atomic E-state index is 11.1. The fourth-order valence-corrected chi connectivity index (χ4v) is 2.10. The van der Waals surface area contributed by atoms with E-state index >= 15 is 0 Å². The molecule has 2 atom stereocenters. The number of nitro groups is 1. The zero-order valence-electron chi connectivity index (χ0n) is 11.3. The Bertz CT molecular complexity index is 494. The van der Waals surface area contributed by atoms with Crippen LogP contribution in [0.4, 0.5) is 17.3 Å². The van der Waals surface area contributed by atoms with Crippen LogP contribution in [0.5, 0.6) is 0 Å². The summed E-state index contributed by atoms with van der Waals surface area (Å²) in [6.07, 6.45) is 0.767. The van der Waals surface area contributed by atoms with E-state index in [0.29, 0.717) is 12.4 Å². The molecule has 7 heteroatoms. The van der Waals surface area contributed by atoms with Gasteiger partial charge in [-0.2, -0.15) is 0 Å². The van der Waals surface area contributed by atoms with Gasteiger partial charge < -0.3 is 15.4 Å². The Balaban J connectivity index is 2.34. The number of anilines is 2. The molecule has 2 heterocycles. The molecule has 1 saturated heterocycles. The fourth-order valence-electron chi connectivity index (χ4n) is 2.10. The van der Waals surface area contributed by atoms with Crippen molar-refractivity contribution in [1.82, 2.24) is 4.98 Å². The Labute approximate surface area is 111 Å². The smallest absolute Gasteiger partial charge is 0.311 e. The average Bonchev–Trinajstić information content (AvgIpc) is 2.68. The molecule has 0 bridgehead atoms. The Kier molecular flexibility index (Phi) is 3.57. The van der Waals surface area contributed by atoms with Crippen LogP contribution in [-0.2, 0) is 4.74 Å². The Morgan fingerprint density at radius 1 is 1.58 bits per heavy atom. The minimum Gasteiger partial charge on any atom is -0.376 e. The molecule has 1 aromatic rings. The van der Waals surface area contributed by atoms with Crippen molar-refractivity contribution in [2.45, 2.75) is 31.9 Å². The van der Waals surface area contributed by atoms with E-state index in [9.17, 15) is 10.1 Å². The second-order valence-corrected chi connectivity index (χ2v) is 4.88. The number of aromatic nitrogens is 1. The summed E-state index contributed by atoms with van der Waals surface area (Å²) in [4.78, 5) is 14.9. The summed E-state index contributed by atoms with van der Waals surface area (Å²) < 4.78 is 5.52. The number of hydrogen-bond acceptors (Lipinski definition) is 6. The van der Waals surface area contributed by atoms with Gasteiger partial charge in [-0.05, 0) is 26.3 Å². The first-order chi connectivity index (χ1) is 8.96. The molecule has 1 aromatic heterocycles. The maximum Gasteiger partial charge on any atom is 0.311 e. The summed E-state index contributed by atoms with van der Waals surface area (Å²) in [5.74, 6) is 0.861. The number of hydrogen-bond donors (Lipinski definition) is 2. The number of pyridine rings is 1. The zero-order chi connectivity index (χ0) is 14.0. The van der Waals surface area contributed by atoms with E-state index in [1.807, 2.05) is 13.8 Å². The maximum absolute atomic E-state index is 11.1. The predicted molar refractivity (Wildman–Crippen MR) is 72.5 cm³/mol. The van der Waals surface area contributed by atoms with Crippen LogP contribution in [0.15, 0.2) is 12.1 Å². The van der Waals surface area contributed by atoms with Crippen molar-refractivity contribution in [1.29, 1.82) is 0 Å². The molecule has 0 aromatic carbocycles. The van der Waals surface area contributed by atoms with Crippen molar-refractivity contribution >= 4 is 17.3 Å². The number of ether oxygens (including phenoxy) is 1. The fraction of sp³-hybridized carbons (Fsp3) is 0.583. The van der Waals surface area contributed by atoms with E-state index in [4.69, 9.17) is 4.74 Å². The van der Waals surface area contributed by atoms with Crippen LogP contribution >= 0.6 is 0 Å². The monoisotopic (exact) mass is 266 g/mol. The summed E-state index contributed by atoms with van der Waals surface area (Å²) in [5, 5.41) is 17.1. The summed E-state index contributed by atoms with van der Waals surface area (Å²) >= 11 is 0. The molecule has 0 amide bonds. The van der Waals surface area contributed by atoms with Gasteiger partial charge in [-0.25, -0.2) is 4.98 Å². The third-order valence-electron chi connectivity index (χ3n) is 3.62. The lowest BCUT2D eigenvalue weighted by Crippen LogP contribution is -2.41. The predicted octanol–water partition coefficient (Wildman–Crippen LogP) is 2.01. The number of nitrogens with one attached hydrogen (secondary N) is 2. The molecule has 0 aliphatic carbocycles. The minimum atomic E-state index is -0.432. The van der Waals surface area contributed by atoms with Crippen LogP contribution in [0.1, 0.15) is 20.3 Å². The van der Waals surface area contributed by atoms with Crippen LogP contribution in [0.2, 0.25) is 0 Å². The van der Waals surface area contributed by atoms with Crippen LogP contribution in [0.25, 0.3) is 0 Å². The molecule has 2 unspecified atom stereocenters. The molecule has 0 spiro atoms. The van der Waals surface area contributed by atoms with Crippen molar-refractivity contribution < 1.29 is 9.66 Å². The van der Waals surface area contributed by atoms with Crippen molar-refractivity contribution in [3.63, 3.8) is 0 Å². The van der Waals surface area contributed by atoms with Gasteiger partial charge in [0, 0.05) is 19.7 Å². The molecule has 2 rings (SSSR count). The van der Waals surface area contributed by atoms with Gasteiger partial charge in [-0.15, -0.1) is 0 Å². The van der Waals surface area contributed by atoms with Crippen molar-refractivity contribution in [2.24, 2.45) is 0 Å². The van der Waals surface area contributed by atoms with Crippen LogP contribution in [0.3, 0.4) is 0 Å². The topological polar surface area (TPSA) is 89.3 Å². The van der Waals surface area contributed by atoms with E-state index in [2.05, 4.69) is 15.6 Å². The third-order valence-corrected chi connectivity index (χ3v) is 3.62. The molecular weight excluding hydrogens is 248 g/mol. The largest absolute Gasteiger partial charge is 0.376 e. The van der Waals surface area contributed by atoms with Crippen molar-refractivity contribution in [3.05, 3.63) is 22.2 Å². The highest BCUT2D eigenvalue weighted by Crippen LogP contribution is 2.33. The number of nitrogens with zero attached hydrogens (tertiary/aromatic N) is 2. The molecule has 0 saturated carbocycles. The van der Waals surface area contributed by atoms with Gasteiger partial charge in [0.25, 0.3) is 0 Å². The quantitative estimate of drug-likeness (QED) is 0.640. The molecule has 104 valence electrons. The molecule has 2 N–H and O–H groups in total. The van der Waals surface area contributed by atoms with E-state index < -0.39 is 4.92 Å². The molecular formula is C12H18N4O3. The minimum absolute atomic E-state index is 0.0212. The second kappa shape index (κ2) is 5.00. The standard InChI is InChI=1S/C12H18N4O3/c1-8-12(2,6-7-19-8)15-11-9(16(17)18)4-5-10(13-3)14-11/h4-5,8H,6-7H2,1-3H3,(H2,13,14,15). The first-order valence-corrected chi connectivity index (χ1v) is 6.19. The van der Waals surface area contributed by atoms with Gasteiger partial charge in [0.15, 0.2) is 0 Å². The summed E-state index contributed by atoms with van der Waals surface area (Å²) in [5.41, 5.74) is -0.372.